The van der Waals surface area contributed by atoms with Gasteiger partial charge in [-0.2, -0.15) is 5.10 Å². The van der Waals surface area contributed by atoms with Crippen molar-refractivity contribution in [1.29, 1.82) is 0 Å². The lowest BCUT2D eigenvalue weighted by atomic mass is 9.92. The largest absolute Gasteiger partial charge is 0.356 e. The van der Waals surface area contributed by atoms with Crippen molar-refractivity contribution in [3.8, 4) is 11.3 Å². The average molecular weight is 460 g/mol. The van der Waals surface area contributed by atoms with Crippen molar-refractivity contribution in [2.45, 2.75) is 79.3 Å². The third kappa shape index (κ3) is 3.76. The van der Waals surface area contributed by atoms with Crippen LogP contribution < -0.4 is 10.2 Å². The number of hydrogen-bond donors (Lipinski definition) is 2. The summed E-state index contributed by atoms with van der Waals surface area (Å²) in [6, 6.07) is 1.13. The highest BCUT2D eigenvalue weighted by Gasteiger charge is 2.26. The molecule has 0 amide bonds. The van der Waals surface area contributed by atoms with Crippen LogP contribution in [0, 0.1) is 20.8 Å². The Labute approximate surface area is 202 Å². The predicted molar refractivity (Wildman–Crippen MR) is 140 cm³/mol. The van der Waals surface area contributed by atoms with Crippen molar-refractivity contribution >= 4 is 22.4 Å². The Kier molecular flexibility index (Phi) is 5.84. The molecule has 0 atom stereocenters. The van der Waals surface area contributed by atoms with Crippen LogP contribution in [-0.4, -0.2) is 49.7 Å². The minimum atomic E-state index is 0.366. The SMILES string of the molecule is Cc1c(-c2[nH]c3cnc(N4CCC(NC(C)C)CC4)c(C)c3c2C(C)C)cn2ncnc2c1C. The van der Waals surface area contributed by atoms with Crippen molar-refractivity contribution in [1.82, 2.24) is 29.9 Å². The van der Waals surface area contributed by atoms with E-state index in [-0.39, 0.29) is 0 Å². The maximum Gasteiger partial charge on any atom is 0.158 e. The summed E-state index contributed by atoms with van der Waals surface area (Å²) in [6.07, 6.45) is 8.08. The van der Waals surface area contributed by atoms with E-state index in [1.807, 2.05) is 10.7 Å². The smallest absolute Gasteiger partial charge is 0.158 e. The first-order chi connectivity index (χ1) is 16.3. The van der Waals surface area contributed by atoms with Crippen LogP contribution >= 0.6 is 0 Å². The molecule has 2 N–H and O–H groups in total. The molecule has 0 aromatic carbocycles. The van der Waals surface area contributed by atoms with Crippen LogP contribution in [-0.2, 0) is 0 Å². The molecular weight excluding hydrogens is 422 g/mol. The first-order valence-electron chi connectivity index (χ1n) is 12.6. The standard InChI is InChI=1S/C27H37N7/c1-15(2)23-24-19(7)26(33-10-8-20(9-11-33)31-16(3)4)28-12-22(24)32-25(23)21-13-34-27(29-14-30-34)18(6)17(21)5/h12-16,20,31-32H,8-11H2,1-7H3. The van der Waals surface area contributed by atoms with Crippen LogP contribution in [0.2, 0.25) is 0 Å². The number of H-pyrrole nitrogens is 1. The molecule has 1 aliphatic rings. The van der Waals surface area contributed by atoms with Gasteiger partial charge >= 0.3 is 0 Å². The minimum Gasteiger partial charge on any atom is -0.356 e. The molecule has 1 fully saturated rings. The first-order valence-corrected chi connectivity index (χ1v) is 12.6. The highest BCUT2D eigenvalue weighted by atomic mass is 15.3. The quantitative estimate of drug-likeness (QED) is 0.424. The number of aryl methyl sites for hydroxylation is 2. The van der Waals surface area contributed by atoms with Gasteiger partial charge in [-0.3, -0.25) is 0 Å². The predicted octanol–water partition coefficient (Wildman–Crippen LogP) is 5.29. The summed E-state index contributed by atoms with van der Waals surface area (Å²) >= 11 is 0. The molecule has 4 aromatic heterocycles. The number of aromatic nitrogens is 5. The summed E-state index contributed by atoms with van der Waals surface area (Å²) in [6.45, 7) is 17.7. The number of fused-ring (bicyclic) bond motifs is 2. The fourth-order valence-electron chi connectivity index (χ4n) is 5.66. The summed E-state index contributed by atoms with van der Waals surface area (Å²) < 4.78 is 1.89. The van der Waals surface area contributed by atoms with Gasteiger partial charge in [0.2, 0.25) is 0 Å². The van der Waals surface area contributed by atoms with Crippen LogP contribution in [0.3, 0.4) is 0 Å². The molecule has 180 valence electrons. The van der Waals surface area contributed by atoms with E-state index in [1.54, 1.807) is 6.33 Å². The maximum atomic E-state index is 4.95. The first kappa shape index (κ1) is 22.8. The molecule has 34 heavy (non-hydrogen) atoms. The molecule has 4 aromatic rings. The number of pyridine rings is 2. The van der Waals surface area contributed by atoms with Gasteiger partial charge in [-0.05, 0) is 56.2 Å². The summed E-state index contributed by atoms with van der Waals surface area (Å²) in [5.41, 5.74) is 9.40. The third-order valence-corrected chi connectivity index (χ3v) is 7.43. The Morgan fingerprint density at radius 2 is 1.74 bits per heavy atom. The zero-order chi connectivity index (χ0) is 24.1. The van der Waals surface area contributed by atoms with E-state index in [1.165, 1.54) is 33.3 Å². The number of anilines is 1. The van der Waals surface area contributed by atoms with E-state index in [0.29, 0.717) is 18.0 Å². The Balaban J connectivity index is 1.60. The second kappa shape index (κ2) is 8.69. The molecule has 1 saturated heterocycles. The van der Waals surface area contributed by atoms with Crippen LogP contribution in [0.1, 0.15) is 68.7 Å². The third-order valence-electron chi connectivity index (χ3n) is 7.43. The lowest BCUT2D eigenvalue weighted by molar-refractivity contribution is 0.386. The van der Waals surface area contributed by atoms with Gasteiger partial charge in [0.15, 0.2) is 5.65 Å². The Morgan fingerprint density at radius 3 is 2.41 bits per heavy atom. The zero-order valence-corrected chi connectivity index (χ0v) is 21.5. The normalized spacial score (nSPS) is 15.5. The number of hydrogen-bond acceptors (Lipinski definition) is 5. The topological polar surface area (TPSA) is 74.1 Å². The average Bonchev–Trinajstić information content (AvgIpc) is 3.42. The molecule has 0 spiro atoms. The summed E-state index contributed by atoms with van der Waals surface area (Å²) in [5, 5.41) is 9.43. The van der Waals surface area contributed by atoms with E-state index in [4.69, 9.17) is 4.98 Å². The van der Waals surface area contributed by atoms with Gasteiger partial charge in [0, 0.05) is 47.9 Å². The molecule has 0 radical (unpaired) electrons. The molecular formula is C27H37N7. The molecule has 5 heterocycles. The fourth-order valence-corrected chi connectivity index (χ4v) is 5.66. The second-order valence-electron chi connectivity index (χ2n) is 10.5. The van der Waals surface area contributed by atoms with E-state index >= 15 is 0 Å². The molecule has 7 heteroatoms. The Hall–Kier alpha value is -2.93. The van der Waals surface area contributed by atoms with E-state index in [9.17, 15) is 0 Å². The van der Waals surface area contributed by atoms with Crippen molar-refractivity contribution in [2.24, 2.45) is 0 Å². The van der Waals surface area contributed by atoms with Gasteiger partial charge in [0.05, 0.1) is 17.4 Å². The van der Waals surface area contributed by atoms with Gasteiger partial charge in [-0.1, -0.05) is 27.7 Å². The van der Waals surface area contributed by atoms with Gasteiger partial charge < -0.3 is 15.2 Å². The van der Waals surface area contributed by atoms with Crippen molar-refractivity contribution in [3.63, 3.8) is 0 Å². The van der Waals surface area contributed by atoms with Gasteiger partial charge in [0.1, 0.15) is 12.1 Å². The number of piperidine rings is 1. The summed E-state index contributed by atoms with van der Waals surface area (Å²) in [7, 11) is 0. The maximum absolute atomic E-state index is 4.95. The Morgan fingerprint density at radius 1 is 1.00 bits per heavy atom. The highest BCUT2D eigenvalue weighted by molar-refractivity contribution is 5.96. The second-order valence-corrected chi connectivity index (χ2v) is 10.5. The number of nitrogens with zero attached hydrogens (tertiary/aromatic N) is 5. The Bertz CT molecular complexity index is 1340. The number of aromatic amines is 1. The van der Waals surface area contributed by atoms with Crippen molar-refractivity contribution in [2.75, 3.05) is 18.0 Å². The number of nitrogens with one attached hydrogen (secondary N) is 2. The summed E-state index contributed by atoms with van der Waals surface area (Å²) in [4.78, 5) is 15.6. The monoisotopic (exact) mass is 459 g/mol. The van der Waals surface area contributed by atoms with Crippen LogP contribution in [0.15, 0.2) is 18.7 Å². The molecule has 0 aliphatic carbocycles. The zero-order valence-electron chi connectivity index (χ0n) is 21.5. The van der Waals surface area contributed by atoms with Crippen LogP contribution in [0.25, 0.3) is 27.8 Å². The minimum absolute atomic E-state index is 0.366. The number of rotatable bonds is 5. The van der Waals surface area contributed by atoms with Crippen LogP contribution in [0.4, 0.5) is 5.82 Å². The summed E-state index contributed by atoms with van der Waals surface area (Å²) in [5.74, 6) is 1.49. The highest BCUT2D eigenvalue weighted by Crippen LogP contribution is 2.41. The van der Waals surface area contributed by atoms with Gasteiger partial charge in [-0.25, -0.2) is 14.5 Å². The van der Waals surface area contributed by atoms with Crippen molar-refractivity contribution in [3.05, 3.63) is 41.0 Å². The molecule has 0 bridgehead atoms. The van der Waals surface area contributed by atoms with Crippen LogP contribution in [0.5, 0.6) is 0 Å². The van der Waals surface area contributed by atoms with Crippen molar-refractivity contribution < 1.29 is 0 Å². The lowest BCUT2D eigenvalue weighted by Gasteiger charge is -2.35. The lowest BCUT2D eigenvalue weighted by Crippen LogP contribution is -2.45. The molecule has 7 nitrogen and oxygen atoms in total. The fraction of sp³-hybridized carbons (Fsp3) is 0.519. The molecule has 5 rings (SSSR count). The van der Waals surface area contributed by atoms with Gasteiger partial charge in [-0.15, -0.1) is 0 Å². The van der Waals surface area contributed by atoms with E-state index in [0.717, 1.165) is 48.5 Å². The molecule has 0 unspecified atom stereocenters. The van der Waals surface area contributed by atoms with E-state index < -0.39 is 0 Å². The molecule has 0 saturated carbocycles. The van der Waals surface area contributed by atoms with Gasteiger partial charge in [0.25, 0.3) is 0 Å². The molecule has 1 aliphatic heterocycles. The van der Waals surface area contributed by atoms with E-state index in [2.05, 4.69) is 79.9 Å².